The lowest BCUT2D eigenvalue weighted by Gasteiger charge is -2.34. The van der Waals surface area contributed by atoms with E-state index in [1.807, 2.05) is 31.2 Å². The van der Waals surface area contributed by atoms with Crippen LogP contribution in [0.15, 0.2) is 24.3 Å². The Morgan fingerprint density at radius 1 is 1.38 bits per heavy atom. The maximum atomic E-state index is 12.8. The molecule has 1 saturated heterocycles. The number of carbonyl (C=O) groups excluding carboxylic acids is 1. The minimum atomic E-state index is -3.26. The van der Waals surface area contributed by atoms with E-state index in [-0.39, 0.29) is 24.4 Å². The molecule has 1 amide bonds. The molecule has 2 atom stereocenters. The van der Waals surface area contributed by atoms with E-state index in [1.165, 1.54) is 10.6 Å². The molecule has 0 spiro atoms. The number of hydrogen-bond acceptors (Lipinski definition) is 4. The number of nitrogens with zero attached hydrogens (tertiary/aromatic N) is 2. The second-order valence-corrected chi connectivity index (χ2v) is 8.31. The smallest absolute Gasteiger partial charge is 0.227 e. The number of hydrogen-bond donors (Lipinski definition) is 0. The molecule has 0 bridgehead atoms. The third kappa shape index (κ3) is 4.08. The number of carbonyl (C=O) groups is 1. The van der Waals surface area contributed by atoms with Crippen molar-refractivity contribution in [1.29, 1.82) is 0 Å². The molecule has 6 nitrogen and oxygen atoms in total. The van der Waals surface area contributed by atoms with Crippen molar-refractivity contribution in [3.63, 3.8) is 0 Å². The van der Waals surface area contributed by atoms with Gasteiger partial charge in [-0.25, -0.2) is 12.7 Å². The molecule has 0 aromatic heterocycles. The van der Waals surface area contributed by atoms with E-state index in [0.29, 0.717) is 19.4 Å². The van der Waals surface area contributed by atoms with Crippen LogP contribution in [0.3, 0.4) is 0 Å². The molecule has 0 saturated carbocycles. The summed E-state index contributed by atoms with van der Waals surface area (Å²) in [6.07, 6.45) is 2.62. The number of para-hydroxylation sites is 1. The summed E-state index contributed by atoms with van der Waals surface area (Å²) in [5.74, 6) is 0.420. The summed E-state index contributed by atoms with van der Waals surface area (Å²) in [7, 11) is 0.114. The molecule has 134 valence electrons. The molecular formula is C17H26N2O4S. The van der Waals surface area contributed by atoms with Gasteiger partial charge < -0.3 is 9.64 Å². The number of sulfonamides is 1. The highest BCUT2D eigenvalue weighted by Crippen LogP contribution is 2.30. The lowest BCUT2D eigenvalue weighted by molar-refractivity contribution is -0.137. The van der Waals surface area contributed by atoms with Gasteiger partial charge in [0, 0.05) is 25.7 Å². The molecule has 1 fully saturated rings. The monoisotopic (exact) mass is 354 g/mol. The van der Waals surface area contributed by atoms with E-state index in [0.717, 1.165) is 11.3 Å². The van der Waals surface area contributed by atoms with E-state index in [1.54, 1.807) is 19.1 Å². The van der Waals surface area contributed by atoms with E-state index in [4.69, 9.17) is 4.74 Å². The first kappa shape index (κ1) is 18.7. The highest BCUT2D eigenvalue weighted by molar-refractivity contribution is 7.88. The quantitative estimate of drug-likeness (QED) is 0.810. The van der Waals surface area contributed by atoms with Gasteiger partial charge in [0.25, 0.3) is 0 Å². The third-order valence-electron chi connectivity index (χ3n) is 4.72. The molecule has 0 unspecified atom stereocenters. The molecular weight excluding hydrogens is 328 g/mol. The van der Waals surface area contributed by atoms with Crippen LogP contribution in [0.4, 0.5) is 0 Å². The maximum Gasteiger partial charge on any atom is 0.227 e. The van der Waals surface area contributed by atoms with Crippen molar-refractivity contribution < 1.29 is 17.9 Å². The SMILES string of the molecule is COc1ccccc1[C@H](C)N(C)C(=O)[C@H]1CCCN(S(C)(=O)=O)C1. The molecule has 0 aliphatic carbocycles. The Balaban J connectivity index is 2.14. The molecule has 1 aromatic carbocycles. The van der Waals surface area contributed by atoms with E-state index in [9.17, 15) is 13.2 Å². The Kier molecular flexibility index (Phi) is 5.87. The lowest BCUT2D eigenvalue weighted by Crippen LogP contribution is -2.46. The lowest BCUT2D eigenvalue weighted by atomic mass is 9.96. The van der Waals surface area contributed by atoms with Crippen LogP contribution in [0, 0.1) is 5.92 Å². The first-order chi connectivity index (χ1) is 11.3. The van der Waals surface area contributed by atoms with E-state index in [2.05, 4.69) is 0 Å². The number of ether oxygens (including phenoxy) is 1. The van der Waals surface area contributed by atoms with Gasteiger partial charge in [0.2, 0.25) is 15.9 Å². The largest absolute Gasteiger partial charge is 0.496 e. The summed E-state index contributed by atoms with van der Waals surface area (Å²) >= 11 is 0. The Morgan fingerprint density at radius 2 is 2.04 bits per heavy atom. The topological polar surface area (TPSA) is 66.9 Å². The van der Waals surface area contributed by atoms with E-state index >= 15 is 0 Å². The zero-order chi connectivity index (χ0) is 17.9. The number of piperidine rings is 1. The third-order valence-corrected chi connectivity index (χ3v) is 5.99. The van der Waals surface area contributed by atoms with Crippen molar-refractivity contribution in [2.24, 2.45) is 5.92 Å². The van der Waals surface area contributed by atoms with Crippen molar-refractivity contribution in [3.05, 3.63) is 29.8 Å². The van der Waals surface area contributed by atoms with Gasteiger partial charge >= 0.3 is 0 Å². The fraction of sp³-hybridized carbons (Fsp3) is 0.588. The van der Waals surface area contributed by atoms with Crippen LogP contribution in [0.25, 0.3) is 0 Å². The summed E-state index contributed by atoms with van der Waals surface area (Å²) < 4.78 is 30.3. The maximum absolute atomic E-state index is 12.8. The molecule has 7 heteroatoms. The molecule has 2 rings (SSSR count). The minimum Gasteiger partial charge on any atom is -0.496 e. The average molecular weight is 354 g/mol. The fourth-order valence-electron chi connectivity index (χ4n) is 3.14. The molecule has 1 aliphatic rings. The number of amides is 1. The molecule has 1 aliphatic heterocycles. The Labute approximate surface area is 144 Å². The van der Waals surface area contributed by atoms with Crippen LogP contribution >= 0.6 is 0 Å². The summed E-state index contributed by atoms with van der Waals surface area (Å²) in [6, 6.07) is 7.47. The Bertz CT molecular complexity index is 690. The second kappa shape index (κ2) is 7.53. The van der Waals surface area contributed by atoms with Crippen molar-refractivity contribution in [1.82, 2.24) is 9.21 Å². The summed E-state index contributed by atoms with van der Waals surface area (Å²) in [6.45, 7) is 2.71. The van der Waals surface area contributed by atoms with Gasteiger partial charge in [-0.15, -0.1) is 0 Å². The number of rotatable bonds is 5. The first-order valence-electron chi connectivity index (χ1n) is 8.10. The first-order valence-corrected chi connectivity index (χ1v) is 9.95. The van der Waals surface area contributed by atoms with Gasteiger partial charge in [-0.05, 0) is 25.8 Å². The van der Waals surface area contributed by atoms with Crippen LogP contribution < -0.4 is 4.74 Å². The van der Waals surface area contributed by atoms with Crippen molar-refractivity contribution >= 4 is 15.9 Å². The fourth-order valence-corrected chi connectivity index (χ4v) is 4.06. The zero-order valence-corrected chi connectivity index (χ0v) is 15.5. The summed E-state index contributed by atoms with van der Waals surface area (Å²) in [5, 5.41) is 0. The molecule has 0 N–H and O–H groups in total. The van der Waals surface area contributed by atoms with Gasteiger partial charge in [-0.3, -0.25) is 4.79 Å². The van der Waals surface area contributed by atoms with Crippen LogP contribution in [0.1, 0.15) is 31.4 Å². The molecule has 24 heavy (non-hydrogen) atoms. The van der Waals surface area contributed by atoms with Gasteiger partial charge in [0.15, 0.2) is 0 Å². The van der Waals surface area contributed by atoms with Gasteiger partial charge in [0.1, 0.15) is 5.75 Å². The zero-order valence-electron chi connectivity index (χ0n) is 14.7. The molecule has 0 radical (unpaired) electrons. The standard InChI is InChI=1S/C17H26N2O4S/c1-13(15-9-5-6-10-16(15)23-3)18(2)17(20)14-8-7-11-19(12-14)24(4,21)22/h5-6,9-10,13-14H,7-8,11-12H2,1-4H3/t13-,14-/m0/s1. The minimum absolute atomic E-state index is 0.0262. The highest BCUT2D eigenvalue weighted by atomic mass is 32.2. The van der Waals surface area contributed by atoms with Crippen LogP contribution in [0.2, 0.25) is 0 Å². The van der Waals surface area contributed by atoms with Crippen LogP contribution in [-0.4, -0.2) is 57.0 Å². The van der Waals surface area contributed by atoms with Crippen LogP contribution in [-0.2, 0) is 14.8 Å². The van der Waals surface area contributed by atoms with Crippen LogP contribution in [0.5, 0.6) is 5.75 Å². The molecule has 1 heterocycles. The Morgan fingerprint density at radius 3 is 2.67 bits per heavy atom. The number of benzene rings is 1. The van der Waals surface area contributed by atoms with Gasteiger partial charge in [-0.2, -0.15) is 0 Å². The van der Waals surface area contributed by atoms with Crippen molar-refractivity contribution in [2.45, 2.75) is 25.8 Å². The average Bonchev–Trinajstić information content (AvgIpc) is 2.59. The second-order valence-electron chi connectivity index (χ2n) is 6.33. The Hall–Kier alpha value is -1.60. The van der Waals surface area contributed by atoms with Crippen molar-refractivity contribution in [2.75, 3.05) is 33.5 Å². The predicted molar refractivity (Wildman–Crippen MR) is 93.3 cm³/mol. The van der Waals surface area contributed by atoms with Gasteiger partial charge in [-0.1, -0.05) is 18.2 Å². The van der Waals surface area contributed by atoms with Gasteiger partial charge in [0.05, 0.1) is 25.3 Å². The predicted octanol–water partition coefficient (Wildman–Crippen LogP) is 1.89. The number of methoxy groups -OCH3 is 1. The summed E-state index contributed by atoms with van der Waals surface area (Å²) in [4.78, 5) is 14.5. The summed E-state index contributed by atoms with van der Waals surface area (Å²) in [5.41, 5.74) is 0.937. The van der Waals surface area contributed by atoms with Crippen molar-refractivity contribution in [3.8, 4) is 5.75 Å². The van der Waals surface area contributed by atoms with E-state index < -0.39 is 10.0 Å². The molecule has 1 aromatic rings. The normalized spacial score (nSPS) is 20.4. The highest BCUT2D eigenvalue weighted by Gasteiger charge is 2.33.